The third-order valence-electron chi connectivity index (χ3n) is 2.74. The van der Waals surface area contributed by atoms with E-state index in [1.807, 2.05) is 6.92 Å². The molecule has 0 spiro atoms. The lowest BCUT2D eigenvalue weighted by atomic mass is 10.2. The summed E-state index contributed by atoms with van der Waals surface area (Å²) in [6.45, 7) is 2.97. The molecular formula is C9H14N4O4S. The van der Waals surface area contributed by atoms with E-state index in [4.69, 9.17) is 5.11 Å². The SMILES string of the molecule is CC1CN(CCn2cc(C(=O)O)nn2)S(=O)(=O)C1. The smallest absolute Gasteiger partial charge is 0.358 e. The van der Waals surface area contributed by atoms with Gasteiger partial charge in [0.2, 0.25) is 10.0 Å². The van der Waals surface area contributed by atoms with Crippen molar-refractivity contribution in [3.05, 3.63) is 11.9 Å². The van der Waals surface area contributed by atoms with E-state index in [-0.39, 0.29) is 23.9 Å². The van der Waals surface area contributed by atoms with Gasteiger partial charge in [0.1, 0.15) is 0 Å². The van der Waals surface area contributed by atoms with Crippen molar-refractivity contribution in [1.82, 2.24) is 19.3 Å². The second kappa shape index (κ2) is 4.65. The van der Waals surface area contributed by atoms with E-state index in [0.29, 0.717) is 13.1 Å². The largest absolute Gasteiger partial charge is 0.476 e. The molecule has 0 radical (unpaired) electrons. The molecule has 18 heavy (non-hydrogen) atoms. The standard InChI is InChI=1S/C9H14N4O4S/c1-7-4-13(18(16,17)6-7)3-2-12-5-8(9(14)15)10-11-12/h5,7H,2-4,6H2,1H3,(H,14,15). The van der Waals surface area contributed by atoms with Crippen LogP contribution in [0, 0.1) is 5.92 Å². The van der Waals surface area contributed by atoms with Crippen LogP contribution in [0.5, 0.6) is 0 Å². The Bertz CT molecular complexity index is 553. The zero-order valence-electron chi connectivity index (χ0n) is 9.85. The van der Waals surface area contributed by atoms with Crippen LogP contribution in [0.25, 0.3) is 0 Å². The van der Waals surface area contributed by atoms with Crippen molar-refractivity contribution in [3.63, 3.8) is 0 Å². The second-order valence-electron chi connectivity index (χ2n) is 4.41. The summed E-state index contributed by atoms with van der Waals surface area (Å²) in [6.07, 6.45) is 1.29. The highest BCUT2D eigenvalue weighted by molar-refractivity contribution is 7.89. The maximum absolute atomic E-state index is 11.7. The fraction of sp³-hybridized carbons (Fsp3) is 0.667. The van der Waals surface area contributed by atoms with Crippen molar-refractivity contribution in [2.24, 2.45) is 5.92 Å². The summed E-state index contributed by atoms with van der Waals surface area (Å²) in [6, 6.07) is 0. The monoisotopic (exact) mass is 274 g/mol. The van der Waals surface area contributed by atoms with E-state index in [1.165, 1.54) is 15.2 Å². The average molecular weight is 274 g/mol. The number of carbonyl (C=O) groups is 1. The number of nitrogens with zero attached hydrogens (tertiary/aromatic N) is 4. The van der Waals surface area contributed by atoms with Gasteiger partial charge in [-0.1, -0.05) is 12.1 Å². The van der Waals surface area contributed by atoms with Crippen molar-refractivity contribution in [2.75, 3.05) is 18.8 Å². The Balaban J connectivity index is 1.97. The molecule has 9 heteroatoms. The fourth-order valence-electron chi connectivity index (χ4n) is 1.93. The summed E-state index contributed by atoms with van der Waals surface area (Å²) >= 11 is 0. The third-order valence-corrected chi connectivity index (χ3v) is 4.85. The van der Waals surface area contributed by atoms with Crippen LogP contribution in [0.2, 0.25) is 0 Å². The summed E-state index contributed by atoms with van der Waals surface area (Å²) in [5, 5.41) is 15.8. The van der Waals surface area contributed by atoms with Gasteiger partial charge in [-0.05, 0) is 5.92 Å². The van der Waals surface area contributed by atoms with E-state index in [9.17, 15) is 13.2 Å². The van der Waals surface area contributed by atoms with Gasteiger partial charge in [0.05, 0.1) is 18.5 Å². The number of rotatable bonds is 4. The lowest BCUT2D eigenvalue weighted by molar-refractivity contribution is 0.0690. The van der Waals surface area contributed by atoms with Gasteiger partial charge in [-0.2, -0.15) is 4.31 Å². The Hall–Kier alpha value is -1.48. The molecule has 2 heterocycles. The molecule has 1 aliphatic heterocycles. The van der Waals surface area contributed by atoms with Crippen LogP contribution in [0.1, 0.15) is 17.4 Å². The van der Waals surface area contributed by atoms with E-state index in [2.05, 4.69) is 10.3 Å². The molecule has 2 rings (SSSR count). The van der Waals surface area contributed by atoms with Crippen LogP contribution in [0.4, 0.5) is 0 Å². The first-order valence-corrected chi connectivity index (χ1v) is 7.10. The summed E-state index contributed by atoms with van der Waals surface area (Å²) < 4.78 is 26.1. The minimum absolute atomic E-state index is 0.125. The molecule has 8 nitrogen and oxygen atoms in total. The van der Waals surface area contributed by atoms with E-state index in [0.717, 1.165) is 0 Å². The van der Waals surface area contributed by atoms with Crippen LogP contribution in [0.15, 0.2) is 6.20 Å². The highest BCUT2D eigenvalue weighted by Gasteiger charge is 2.33. The highest BCUT2D eigenvalue weighted by atomic mass is 32.2. The van der Waals surface area contributed by atoms with Gasteiger partial charge in [-0.15, -0.1) is 5.10 Å². The molecular weight excluding hydrogens is 260 g/mol. The zero-order chi connectivity index (χ0) is 13.3. The van der Waals surface area contributed by atoms with Gasteiger partial charge in [-0.3, -0.25) is 4.68 Å². The van der Waals surface area contributed by atoms with Gasteiger partial charge in [0, 0.05) is 13.1 Å². The molecule has 1 aromatic heterocycles. The molecule has 0 aromatic carbocycles. The first kappa shape index (κ1) is 13.0. The van der Waals surface area contributed by atoms with Crippen molar-refractivity contribution < 1.29 is 18.3 Å². The second-order valence-corrected chi connectivity index (χ2v) is 6.43. The number of hydrogen-bond donors (Lipinski definition) is 1. The summed E-state index contributed by atoms with van der Waals surface area (Å²) in [5.41, 5.74) is -0.146. The topological polar surface area (TPSA) is 105 Å². The van der Waals surface area contributed by atoms with Gasteiger partial charge in [0.15, 0.2) is 5.69 Å². The molecule has 1 unspecified atom stereocenters. The van der Waals surface area contributed by atoms with Crippen molar-refractivity contribution in [2.45, 2.75) is 13.5 Å². The van der Waals surface area contributed by atoms with Gasteiger partial charge in [0.25, 0.3) is 0 Å². The van der Waals surface area contributed by atoms with Gasteiger partial charge >= 0.3 is 5.97 Å². The van der Waals surface area contributed by atoms with Crippen LogP contribution in [-0.4, -0.2) is 57.6 Å². The van der Waals surface area contributed by atoms with Crippen LogP contribution < -0.4 is 0 Å². The van der Waals surface area contributed by atoms with Gasteiger partial charge in [-0.25, -0.2) is 13.2 Å². The van der Waals surface area contributed by atoms with Crippen LogP contribution in [-0.2, 0) is 16.6 Å². The van der Waals surface area contributed by atoms with E-state index < -0.39 is 16.0 Å². The number of carboxylic acid groups (broad SMARTS) is 1. The zero-order valence-corrected chi connectivity index (χ0v) is 10.7. The Kier molecular flexibility index (Phi) is 3.35. The normalized spacial score (nSPS) is 23.3. The molecule has 0 bridgehead atoms. The summed E-state index contributed by atoms with van der Waals surface area (Å²) in [4.78, 5) is 10.6. The number of carboxylic acids is 1. The van der Waals surface area contributed by atoms with Crippen molar-refractivity contribution >= 4 is 16.0 Å². The Labute approximate surface area is 104 Å². The Morgan fingerprint density at radius 3 is 2.78 bits per heavy atom. The summed E-state index contributed by atoms with van der Waals surface area (Å²) in [5.74, 6) is -0.853. The predicted octanol–water partition coefficient (Wildman–Crippen LogP) is -0.742. The fourth-order valence-corrected chi connectivity index (χ4v) is 3.81. The number of hydrogen-bond acceptors (Lipinski definition) is 5. The van der Waals surface area contributed by atoms with E-state index >= 15 is 0 Å². The molecule has 100 valence electrons. The molecule has 0 amide bonds. The molecule has 1 saturated heterocycles. The molecule has 0 saturated carbocycles. The minimum atomic E-state index is -3.16. The number of sulfonamides is 1. The van der Waals surface area contributed by atoms with E-state index in [1.54, 1.807) is 0 Å². The van der Waals surface area contributed by atoms with Crippen molar-refractivity contribution in [3.8, 4) is 0 Å². The van der Waals surface area contributed by atoms with Gasteiger partial charge < -0.3 is 5.11 Å². The molecule has 1 fully saturated rings. The quantitative estimate of drug-likeness (QED) is 0.775. The number of aromatic nitrogens is 3. The molecule has 0 aliphatic carbocycles. The van der Waals surface area contributed by atoms with Crippen molar-refractivity contribution in [1.29, 1.82) is 0 Å². The molecule has 1 N–H and O–H groups in total. The van der Waals surface area contributed by atoms with Crippen LogP contribution >= 0.6 is 0 Å². The predicted molar refractivity (Wildman–Crippen MR) is 61.5 cm³/mol. The lowest BCUT2D eigenvalue weighted by Crippen LogP contribution is -2.29. The lowest BCUT2D eigenvalue weighted by Gasteiger charge is -2.13. The maximum Gasteiger partial charge on any atom is 0.358 e. The summed E-state index contributed by atoms with van der Waals surface area (Å²) in [7, 11) is -3.16. The Morgan fingerprint density at radius 2 is 2.28 bits per heavy atom. The first-order chi connectivity index (χ1) is 8.38. The maximum atomic E-state index is 11.7. The molecule has 1 aromatic rings. The Morgan fingerprint density at radius 1 is 1.56 bits per heavy atom. The number of aromatic carboxylic acids is 1. The third kappa shape index (κ3) is 2.67. The molecule has 1 atom stereocenters. The molecule has 1 aliphatic rings. The average Bonchev–Trinajstić information content (AvgIpc) is 2.80. The highest BCUT2D eigenvalue weighted by Crippen LogP contribution is 2.18. The minimum Gasteiger partial charge on any atom is -0.476 e. The first-order valence-electron chi connectivity index (χ1n) is 5.50. The van der Waals surface area contributed by atoms with Crippen LogP contribution in [0.3, 0.4) is 0 Å².